The monoisotopic (exact) mass is 304 g/mol. The van der Waals surface area contributed by atoms with E-state index in [9.17, 15) is 9.59 Å². The van der Waals surface area contributed by atoms with E-state index >= 15 is 0 Å². The van der Waals surface area contributed by atoms with Crippen LogP contribution in [0.4, 0.5) is 5.69 Å². The molecule has 0 radical (unpaired) electrons. The predicted octanol–water partition coefficient (Wildman–Crippen LogP) is 3.44. The largest absolute Gasteiger partial charge is 0.334 e. The molecule has 0 unspecified atom stereocenters. The second-order valence-electron chi connectivity index (χ2n) is 6.44. The Balaban J connectivity index is 2.74. The van der Waals surface area contributed by atoms with E-state index in [2.05, 4.69) is 19.2 Å². The summed E-state index contributed by atoms with van der Waals surface area (Å²) in [4.78, 5) is 25.5. The van der Waals surface area contributed by atoms with Crippen molar-refractivity contribution in [1.82, 2.24) is 4.90 Å². The Morgan fingerprint density at radius 1 is 1.14 bits per heavy atom. The predicted molar refractivity (Wildman–Crippen MR) is 91.0 cm³/mol. The van der Waals surface area contributed by atoms with Gasteiger partial charge in [0.05, 0.1) is 6.54 Å². The van der Waals surface area contributed by atoms with Gasteiger partial charge in [-0.05, 0) is 44.2 Å². The van der Waals surface area contributed by atoms with Gasteiger partial charge in [0.2, 0.25) is 11.8 Å². The Bertz CT molecular complexity index is 527. The second-order valence-corrected chi connectivity index (χ2v) is 6.44. The smallest absolute Gasteiger partial charge is 0.244 e. The Morgan fingerprint density at radius 3 is 2.14 bits per heavy atom. The van der Waals surface area contributed by atoms with Crippen molar-refractivity contribution in [2.24, 2.45) is 5.92 Å². The molecule has 0 saturated carbocycles. The molecule has 0 aliphatic carbocycles. The summed E-state index contributed by atoms with van der Waals surface area (Å²) in [5.41, 5.74) is 4.11. The van der Waals surface area contributed by atoms with Gasteiger partial charge < -0.3 is 10.2 Å². The van der Waals surface area contributed by atoms with E-state index in [1.807, 2.05) is 32.9 Å². The molecule has 0 heterocycles. The quantitative estimate of drug-likeness (QED) is 0.875. The molecule has 22 heavy (non-hydrogen) atoms. The lowest BCUT2D eigenvalue weighted by Crippen LogP contribution is -2.37. The molecule has 2 amide bonds. The highest BCUT2D eigenvalue weighted by molar-refractivity contribution is 5.95. The zero-order valence-electron chi connectivity index (χ0n) is 14.6. The molecular weight excluding hydrogens is 276 g/mol. The minimum atomic E-state index is -0.144. The van der Waals surface area contributed by atoms with Crippen LogP contribution < -0.4 is 5.32 Å². The number of hydrogen-bond donors (Lipinski definition) is 1. The summed E-state index contributed by atoms with van der Waals surface area (Å²) in [5.74, 6) is 0.300. The number of hydrogen-bond acceptors (Lipinski definition) is 2. The minimum absolute atomic E-state index is 0.0619. The molecule has 1 N–H and O–H groups in total. The van der Waals surface area contributed by atoms with Gasteiger partial charge in [0.15, 0.2) is 0 Å². The van der Waals surface area contributed by atoms with Crippen LogP contribution >= 0.6 is 0 Å². The first-order valence-corrected chi connectivity index (χ1v) is 7.84. The third-order valence-corrected chi connectivity index (χ3v) is 3.70. The van der Waals surface area contributed by atoms with Crippen LogP contribution in [0.2, 0.25) is 0 Å². The average molecular weight is 304 g/mol. The van der Waals surface area contributed by atoms with E-state index in [0.29, 0.717) is 12.5 Å². The first kappa shape index (κ1) is 18.2. The van der Waals surface area contributed by atoms with Crippen molar-refractivity contribution in [2.45, 2.75) is 48.0 Å². The number of amides is 2. The SMILES string of the molecule is CC(=O)N(CCC(C)C)CC(=O)Nc1c(C)cc(C)cc1C. The molecule has 0 aliphatic heterocycles. The van der Waals surface area contributed by atoms with E-state index in [-0.39, 0.29) is 18.4 Å². The van der Waals surface area contributed by atoms with Crippen LogP contribution in [0, 0.1) is 26.7 Å². The van der Waals surface area contributed by atoms with E-state index in [4.69, 9.17) is 0 Å². The summed E-state index contributed by atoms with van der Waals surface area (Å²) < 4.78 is 0. The average Bonchev–Trinajstić information content (AvgIpc) is 2.38. The number of carbonyl (C=O) groups excluding carboxylic acids is 2. The standard InChI is InChI=1S/C18H28N2O2/c1-12(2)7-8-20(16(6)21)11-17(22)19-18-14(4)9-13(3)10-15(18)5/h9-10,12H,7-8,11H2,1-6H3,(H,19,22). The van der Waals surface area contributed by atoms with E-state index in [1.165, 1.54) is 12.5 Å². The zero-order chi connectivity index (χ0) is 16.9. The maximum absolute atomic E-state index is 12.3. The number of anilines is 1. The minimum Gasteiger partial charge on any atom is -0.334 e. The fraction of sp³-hybridized carbons (Fsp3) is 0.556. The molecule has 1 rings (SSSR count). The highest BCUT2D eigenvalue weighted by atomic mass is 16.2. The molecule has 4 heteroatoms. The molecule has 0 spiro atoms. The first-order chi connectivity index (χ1) is 10.2. The number of aryl methyl sites for hydroxylation is 3. The Labute approximate surface area is 133 Å². The molecule has 0 bridgehead atoms. The molecule has 0 aromatic heterocycles. The Kier molecular flexibility index (Phi) is 6.60. The fourth-order valence-electron chi connectivity index (χ4n) is 2.49. The zero-order valence-corrected chi connectivity index (χ0v) is 14.6. The normalized spacial score (nSPS) is 10.7. The summed E-state index contributed by atoms with van der Waals surface area (Å²) >= 11 is 0. The molecule has 0 aliphatic rings. The van der Waals surface area contributed by atoms with Crippen molar-refractivity contribution >= 4 is 17.5 Å². The van der Waals surface area contributed by atoms with E-state index in [0.717, 1.165) is 23.2 Å². The van der Waals surface area contributed by atoms with Gasteiger partial charge >= 0.3 is 0 Å². The van der Waals surface area contributed by atoms with Gasteiger partial charge in [-0.25, -0.2) is 0 Å². The number of nitrogens with one attached hydrogen (secondary N) is 1. The van der Waals surface area contributed by atoms with Crippen molar-refractivity contribution in [3.05, 3.63) is 28.8 Å². The fourth-order valence-corrected chi connectivity index (χ4v) is 2.49. The molecule has 0 atom stereocenters. The van der Waals surface area contributed by atoms with E-state index in [1.54, 1.807) is 4.90 Å². The lowest BCUT2D eigenvalue weighted by Gasteiger charge is -2.22. The molecule has 4 nitrogen and oxygen atoms in total. The van der Waals surface area contributed by atoms with Crippen molar-refractivity contribution in [2.75, 3.05) is 18.4 Å². The maximum atomic E-state index is 12.3. The van der Waals surface area contributed by atoms with Crippen LogP contribution in [0.5, 0.6) is 0 Å². The van der Waals surface area contributed by atoms with Crippen molar-refractivity contribution in [3.63, 3.8) is 0 Å². The summed E-state index contributed by atoms with van der Waals surface area (Å²) in [6, 6.07) is 4.09. The topological polar surface area (TPSA) is 49.4 Å². The third kappa shape index (κ3) is 5.51. The van der Waals surface area contributed by atoms with Crippen LogP contribution in [0.1, 0.15) is 43.9 Å². The Hall–Kier alpha value is -1.84. The highest BCUT2D eigenvalue weighted by Gasteiger charge is 2.15. The molecule has 0 fully saturated rings. The molecular formula is C18H28N2O2. The highest BCUT2D eigenvalue weighted by Crippen LogP contribution is 2.21. The lowest BCUT2D eigenvalue weighted by atomic mass is 10.1. The molecule has 0 saturated heterocycles. The van der Waals surface area contributed by atoms with Crippen molar-refractivity contribution in [1.29, 1.82) is 0 Å². The van der Waals surface area contributed by atoms with Gasteiger partial charge in [0, 0.05) is 19.2 Å². The Morgan fingerprint density at radius 2 is 1.68 bits per heavy atom. The van der Waals surface area contributed by atoms with Crippen LogP contribution in [0.25, 0.3) is 0 Å². The van der Waals surface area contributed by atoms with Gasteiger partial charge in [-0.1, -0.05) is 31.5 Å². The van der Waals surface area contributed by atoms with Crippen LogP contribution in [0.3, 0.4) is 0 Å². The molecule has 1 aromatic rings. The number of benzene rings is 1. The van der Waals surface area contributed by atoms with Crippen molar-refractivity contribution in [3.8, 4) is 0 Å². The number of nitrogens with zero attached hydrogens (tertiary/aromatic N) is 1. The summed E-state index contributed by atoms with van der Waals surface area (Å²) in [6.07, 6.45) is 0.898. The molecule has 1 aromatic carbocycles. The number of carbonyl (C=O) groups is 2. The van der Waals surface area contributed by atoms with Gasteiger partial charge in [-0.15, -0.1) is 0 Å². The van der Waals surface area contributed by atoms with Gasteiger partial charge in [0.1, 0.15) is 0 Å². The van der Waals surface area contributed by atoms with Gasteiger partial charge in [-0.3, -0.25) is 9.59 Å². The van der Waals surface area contributed by atoms with Gasteiger partial charge in [0.25, 0.3) is 0 Å². The summed E-state index contributed by atoms with van der Waals surface area (Å²) in [6.45, 7) is 12.5. The first-order valence-electron chi connectivity index (χ1n) is 7.84. The second kappa shape index (κ2) is 7.97. The summed E-state index contributed by atoms with van der Waals surface area (Å²) in [7, 11) is 0. The third-order valence-electron chi connectivity index (χ3n) is 3.70. The van der Waals surface area contributed by atoms with Crippen LogP contribution in [-0.2, 0) is 9.59 Å². The van der Waals surface area contributed by atoms with E-state index < -0.39 is 0 Å². The lowest BCUT2D eigenvalue weighted by molar-refractivity contribution is -0.132. The van der Waals surface area contributed by atoms with Crippen LogP contribution in [0.15, 0.2) is 12.1 Å². The maximum Gasteiger partial charge on any atom is 0.244 e. The summed E-state index contributed by atoms with van der Waals surface area (Å²) in [5, 5.41) is 2.95. The van der Waals surface area contributed by atoms with Gasteiger partial charge in [-0.2, -0.15) is 0 Å². The van der Waals surface area contributed by atoms with Crippen molar-refractivity contribution < 1.29 is 9.59 Å². The van der Waals surface area contributed by atoms with Crippen LogP contribution in [-0.4, -0.2) is 29.8 Å². The molecule has 122 valence electrons. The number of rotatable bonds is 6.